The number of hydrogen-bond acceptors (Lipinski definition) is 4. The van der Waals surface area contributed by atoms with Crippen molar-refractivity contribution < 1.29 is 9.76 Å². The minimum absolute atomic E-state index is 0.305. The van der Waals surface area contributed by atoms with Gasteiger partial charge in [0.15, 0.2) is 0 Å². The lowest BCUT2D eigenvalue weighted by Gasteiger charge is -2.40. The normalized spacial score (nSPS) is 12.4. The molecule has 0 aliphatic rings. The van der Waals surface area contributed by atoms with E-state index >= 15 is 0 Å². The van der Waals surface area contributed by atoms with E-state index < -0.39 is 11.2 Å². The van der Waals surface area contributed by atoms with Gasteiger partial charge in [-0.1, -0.05) is 194 Å². The molecule has 1 unspecified atom stereocenters. The maximum Gasteiger partial charge on any atom is 0.309 e. The predicted molar refractivity (Wildman–Crippen MR) is 268 cm³/mol. The van der Waals surface area contributed by atoms with E-state index in [1.54, 1.807) is 0 Å². The zero-order valence-corrected chi connectivity index (χ0v) is 36.9. The summed E-state index contributed by atoms with van der Waals surface area (Å²) in [5.41, 5.74) is 16.1. The quantitative estimate of drug-likeness (QED) is 0.118. The van der Waals surface area contributed by atoms with Gasteiger partial charge in [-0.2, -0.15) is 0 Å². The lowest BCUT2D eigenvalue weighted by Crippen LogP contribution is -2.51. The molecule has 0 aliphatic heterocycles. The number of pyridine rings is 2. The van der Waals surface area contributed by atoms with E-state index in [0.29, 0.717) is 13.9 Å². The van der Waals surface area contributed by atoms with Gasteiger partial charge in [0.1, 0.15) is 0 Å². The lowest BCUT2D eigenvalue weighted by molar-refractivity contribution is -0.104. The van der Waals surface area contributed by atoms with Crippen LogP contribution in [0.3, 0.4) is 0 Å². The molecule has 1 atom stereocenters. The third kappa shape index (κ3) is 8.74. The van der Waals surface area contributed by atoms with Crippen LogP contribution in [0.2, 0.25) is 0 Å². The fraction of sp³-hybridized carbons (Fsp3) is 0.119. The molecular formula is C59H51BN2O2. The molecule has 0 fully saturated rings. The Balaban J connectivity index is 1.23. The summed E-state index contributed by atoms with van der Waals surface area (Å²) in [6, 6.07) is 70.3. The first kappa shape index (κ1) is 42.1. The largest absolute Gasteiger partial charge is 0.427 e. The number of hydrogen-bond donors (Lipinski definition) is 1. The van der Waals surface area contributed by atoms with Gasteiger partial charge in [0.25, 0.3) is 0 Å². The van der Waals surface area contributed by atoms with Crippen LogP contribution in [0.1, 0.15) is 34.1 Å². The highest BCUT2D eigenvalue weighted by molar-refractivity contribution is 6.47. The molecule has 2 heterocycles. The van der Waals surface area contributed by atoms with Gasteiger partial charge in [-0.05, 0) is 101 Å². The molecule has 0 saturated carbocycles. The first-order chi connectivity index (χ1) is 31.2. The molecule has 312 valence electrons. The highest BCUT2D eigenvalue weighted by atomic mass is 16.5. The van der Waals surface area contributed by atoms with E-state index in [-0.39, 0.29) is 0 Å². The van der Waals surface area contributed by atoms with E-state index in [4.69, 9.17) is 14.6 Å². The van der Waals surface area contributed by atoms with Crippen LogP contribution in [-0.2, 0) is 4.65 Å². The number of rotatable bonds is 13. The molecule has 0 aliphatic carbocycles. The Hall–Kier alpha value is -7.18. The second kappa shape index (κ2) is 18.3. The third-order valence-corrected chi connectivity index (χ3v) is 12.8. The molecule has 0 bridgehead atoms. The average Bonchev–Trinajstić information content (AvgIpc) is 3.36. The molecule has 5 heteroatoms. The molecule has 0 radical (unpaired) electrons. The molecule has 0 spiro atoms. The summed E-state index contributed by atoms with van der Waals surface area (Å²) in [4.78, 5) is 10.1. The van der Waals surface area contributed by atoms with E-state index in [1.807, 2.05) is 52.2 Å². The van der Waals surface area contributed by atoms with Gasteiger partial charge in [-0.15, -0.1) is 0 Å². The van der Waals surface area contributed by atoms with Crippen LogP contribution in [-0.4, -0.2) is 33.8 Å². The molecule has 4 nitrogen and oxygen atoms in total. The van der Waals surface area contributed by atoms with Gasteiger partial charge in [-0.25, -0.2) is 0 Å². The van der Waals surface area contributed by atoms with Gasteiger partial charge in [-0.3, -0.25) is 9.97 Å². The minimum Gasteiger partial charge on any atom is -0.427 e. The predicted octanol–water partition coefficient (Wildman–Crippen LogP) is 13.7. The Bertz CT molecular complexity index is 2840. The zero-order valence-electron chi connectivity index (χ0n) is 36.9. The first-order valence-corrected chi connectivity index (χ1v) is 22.1. The Kier molecular flexibility index (Phi) is 12.0. The van der Waals surface area contributed by atoms with Crippen molar-refractivity contribution in [2.24, 2.45) is 0 Å². The van der Waals surface area contributed by atoms with Crippen molar-refractivity contribution in [2.75, 3.05) is 0 Å². The van der Waals surface area contributed by atoms with Gasteiger partial charge < -0.3 is 9.76 Å². The fourth-order valence-electron chi connectivity index (χ4n) is 8.46. The van der Waals surface area contributed by atoms with E-state index in [2.05, 4.69) is 188 Å². The minimum atomic E-state index is -1.02. The van der Waals surface area contributed by atoms with Crippen molar-refractivity contribution >= 4 is 12.9 Å². The topological polar surface area (TPSA) is 55.2 Å². The lowest BCUT2D eigenvalue weighted by atomic mass is 9.78. The van der Waals surface area contributed by atoms with Gasteiger partial charge in [0.2, 0.25) is 0 Å². The summed E-state index contributed by atoms with van der Waals surface area (Å²) in [6.45, 7) is 7.79. The zero-order chi connectivity index (χ0) is 44.1. The van der Waals surface area contributed by atoms with Crippen molar-refractivity contribution in [3.05, 3.63) is 213 Å². The van der Waals surface area contributed by atoms with Gasteiger partial charge in [0, 0.05) is 34.6 Å². The van der Waals surface area contributed by atoms with Crippen LogP contribution in [0, 0.1) is 0 Å². The number of aromatic nitrogens is 2. The Morgan fingerprint density at radius 1 is 0.406 bits per heavy atom. The SMILES string of the molecule is CCC(C)(O)C(C)(C)OBc1cc(-c2ccccc2-c2cnc(-c3ccccc3)cc2-c2ccccc2)cc(-c2ccccc2-c2cnc(-c3ccccc3)cc2-c2ccccc2)c1. The average molecular weight is 831 g/mol. The van der Waals surface area contributed by atoms with Crippen molar-refractivity contribution in [2.45, 2.75) is 45.3 Å². The summed E-state index contributed by atoms with van der Waals surface area (Å²) in [7, 11) is 0.305. The number of nitrogens with zero attached hydrogens (tertiary/aromatic N) is 2. The van der Waals surface area contributed by atoms with Gasteiger partial charge in [0.05, 0.1) is 22.6 Å². The molecule has 1 N–H and O–H groups in total. The summed E-state index contributed by atoms with van der Waals surface area (Å²) >= 11 is 0. The molecule has 2 aromatic heterocycles. The Morgan fingerprint density at radius 3 is 1.16 bits per heavy atom. The van der Waals surface area contributed by atoms with Crippen molar-refractivity contribution in [3.8, 4) is 89.3 Å². The maximum absolute atomic E-state index is 11.4. The summed E-state index contributed by atoms with van der Waals surface area (Å²) in [5.74, 6) is 0. The molecule has 7 aromatic carbocycles. The Morgan fingerprint density at radius 2 is 0.766 bits per heavy atom. The third-order valence-electron chi connectivity index (χ3n) is 12.8. The monoisotopic (exact) mass is 830 g/mol. The fourth-order valence-corrected chi connectivity index (χ4v) is 8.46. The highest BCUT2D eigenvalue weighted by Crippen LogP contribution is 2.43. The van der Waals surface area contributed by atoms with E-state index in [1.165, 1.54) is 0 Å². The second-order valence-electron chi connectivity index (χ2n) is 17.1. The van der Waals surface area contributed by atoms with Crippen LogP contribution in [0.25, 0.3) is 89.3 Å². The molecular weight excluding hydrogens is 779 g/mol. The highest BCUT2D eigenvalue weighted by Gasteiger charge is 2.38. The summed E-state index contributed by atoms with van der Waals surface area (Å²) < 4.78 is 6.68. The van der Waals surface area contributed by atoms with Crippen molar-refractivity contribution in [3.63, 3.8) is 0 Å². The van der Waals surface area contributed by atoms with Crippen LogP contribution >= 0.6 is 0 Å². The Labute approximate surface area is 378 Å². The standard InChI is InChI=1S/C59H51BN2O2/c1-5-59(4,63)58(2,3)64-60-47-35-45(48-30-18-20-32-50(48)54-39-61-56(43-26-14-8-15-27-43)37-52(54)41-22-10-6-11-23-41)34-46(36-47)49-31-19-21-33-51(49)55-40-62-57(44-28-16-9-17-29-44)38-53(55)42-24-12-7-13-25-42/h6-40,60,63H,5H2,1-4H3. The van der Waals surface area contributed by atoms with E-state index in [0.717, 1.165) is 94.7 Å². The molecule has 0 amide bonds. The summed E-state index contributed by atoms with van der Waals surface area (Å²) in [5, 5.41) is 11.4. The molecule has 64 heavy (non-hydrogen) atoms. The van der Waals surface area contributed by atoms with Crippen molar-refractivity contribution in [1.82, 2.24) is 9.97 Å². The van der Waals surface area contributed by atoms with E-state index in [9.17, 15) is 5.11 Å². The molecule has 0 saturated heterocycles. The maximum atomic E-state index is 11.4. The number of aliphatic hydroxyl groups is 1. The smallest absolute Gasteiger partial charge is 0.309 e. The van der Waals surface area contributed by atoms with Crippen LogP contribution in [0.4, 0.5) is 0 Å². The van der Waals surface area contributed by atoms with Gasteiger partial charge >= 0.3 is 7.48 Å². The first-order valence-electron chi connectivity index (χ1n) is 22.1. The second-order valence-corrected chi connectivity index (χ2v) is 17.1. The van der Waals surface area contributed by atoms with Crippen LogP contribution in [0.5, 0.6) is 0 Å². The molecule has 9 rings (SSSR count). The van der Waals surface area contributed by atoms with Crippen LogP contribution < -0.4 is 5.46 Å². The summed E-state index contributed by atoms with van der Waals surface area (Å²) in [6.07, 6.45) is 4.62. The molecule has 9 aromatic rings. The number of benzene rings is 7. The van der Waals surface area contributed by atoms with Crippen molar-refractivity contribution in [1.29, 1.82) is 0 Å². The van der Waals surface area contributed by atoms with Crippen LogP contribution in [0.15, 0.2) is 213 Å².